The molecule has 0 radical (unpaired) electrons. The molecular weight excluding hydrogens is 545 g/mol. The maximum atomic E-state index is 13.5. The number of aryl methyl sites for hydroxylation is 1. The van der Waals surface area contributed by atoms with Crippen LogP contribution in [0.1, 0.15) is 74.3 Å². The van der Waals surface area contributed by atoms with Gasteiger partial charge in [-0.3, -0.25) is 14.6 Å². The summed E-state index contributed by atoms with van der Waals surface area (Å²) < 4.78 is 40.6. The van der Waals surface area contributed by atoms with Gasteiger partial charge in [0.2, 0.25) is 5.91 Å². The summed E-state index contributed by atoms with van der Waals surface area (Å²) in [4.78, 5) is 33.1. The summed E-state index contributed by atoms with van der Waals surface area (Å²) in [6, 6.07) is 11.1. The average Bonchev–Trinajstić information content (AvgIpc) is 3.26. The monoisotopic (exact) mass is 586 g/mol. The molecule has 0 spiro atoms. The van der Waals surface area contributed by atoms with Crippen molar-refractivity contribution in [3.63, 3.8) is 0 Å². The molecule has 7 nitrogen and oxygen atoms in total. The predicted molar refractivity (Wildman–Crippen MR) is 153 cm³/mol. The first-order chi connectivity index (χ1) is 19.9. The lowest BCUT2D eigenvalue weighted by molar-refractivity contribution is -0.256. The quantitative estimate of drug-likeness (QED) is 0.433. The van der Waals surface area contributed by atoms with Crippen LogP contribution >= 0.6 is 0 Å². The predicted octanol–water partition coefficient (Wildman–Crippen LogP) is 4.97. The first-order valence-corrected chi connectivity index (χ1v) is 15.0. The number of primary amides is 1. The first-order valence-electron chi connectivity index (χ1n) is 15.0. The van der Waals surface area contributed by atoms with Gasteiger partial charge in [-0.2, -0.15) is 13.2 Å². The Morgan fingerprint density at radius 2 is 1.74 bits per heavy atom. The lowest BCUT2D eigenvalue weighted by atomic mass is 9.67. The van der Waals surface area contributed by atoms with Crippen LogP contribution in [0.3, 0.4) is 0 Å². The molecule has 0 bridgehead atoms. The summed E-state index contributed by atoms with van der Waals surface area (Å²) in [5.41, 5.74) is 6.09. The van der Waals surface area contributed by atoms with E-state index < -0.39 is 29.1 Å². The van der Waals surface area contributed by atoms with Crippen molar-refractivity contribution in [2.75, 3.05) is 26.2 Å². The minimum absolute atomic E-state index is 0.0627. The number of rotatable bonds is 9. The fourth-order valence-corrected chi connectivity index (χ4v) is 6.86. The number of halogens is 3. The van der Waals surface area contributed by atoms with Crippen LogP contribution in [0, 0.1) is 11.3 Å². The number of amides is 2. The van der Waals surface area contributed by atoms with E-state index >= 15 is 0 Å². The number of benzene rings is 1. The SMILES string of the molecule is C[C@@]1(C(N)=O)C[C@@H](O)CN1C(=O)c1ccc(-c2ccc(CCCC3CCN(CC4(C(F)(F)F)CCC4)CC3)nc2)cc1. The van der Waals surface area contributed by atoms with Crippen LogP contribution in [0.4, 0.5) is 13.2 Å². The standard InChI is InChI=1S/C32H41F3N4O3/c1-30(29(36)42)18-27(40)20-39(30)28(41)24-8-6-23(7-9-24)25-10-11-26(37-19-25)5-2-4-22-12-16-38(17-13-22)21-31(14-3-15-31)32(33,34)35/h6-11,19,22,27,40H,2-5,12-18,20-21H2,1H3,(H2,36,42)/t27-,30+/m1/s1. The van der Waals surface area contributed by atoms with Gasteiger partial charge in [0.25, 0.3) is 5.91 Å². The lowest BCUT2D eigenvalue weighted by Gasteiger charge is -2.47. The van der Waals surface area contributed by atoms with Gasteiger partial charge in [-0.1, -0.05) is 24.6 Å². The van der Waals surface area contributed by atoms with Gasteiger partial charge in [0.1, 0.15) is 5.54 Å². The van der Waals surface area contributed by atoms with Crippen molar-refractivity contribution in [3.05, 3.63) is 53.9 Å². The Morgan fingerprint density at radius 3 is 2.29 bits per heavy atom. The minimum Gasteiger partial charge on any atom is -0.391 e. The van der Waals surface area contributed by atoms with Crippen LogP contribution < -0.4 is 5.73 Å². The number of β-amino-alcohol motifs (C(OH)–C–C–N with tert-alkyl or cyclic N) is 1. The molecule has 228 valence electrons. The summed E-state index contributed by atoms with van der Waals surface area (Å²) in [5.74, 6) is -0.432. The van der Waals surface area contributed by atoms with E-state index in [1.54, 1.807) is 19.1 Å². The normalized spacial score (nSPS) is 24.9. The number of pyridine rings is 1. The highest BCUT2D eigenvalue weighted by Gasteiger charge is 2.58. The Morgan fingerprint density at radius 1 is 1.07 bits per heavy atom. The van der Waals surface area contributed by atoms with Gasteiger partial charge in [0.15, 0.2) is 0 Å². The van der Waals surface area contributed by atoms with E-state index in [1.807, 2.05) is 35.4 Å². The summed E-state index contributed by atoms with van der Waals surface area (Å²) >= 11 is 0. The molecular formula is C32H41F3N4O3. The second-order valence-electron chi connectivity index (χ2n) is 12.8. The average molecular weight is 587 g/mol. The largest absolute Gasteiger partial charge is 0.395 e. The van der Waals surface area contributed by atoms with Crippen LogP contribution in [-0.2, 0) is 11.2 Å². The van der Waals surface area contributed by atoms with E-state index in [9.17, 15) is 27.9 Å². The smallest absolute Gasteiger partial charge is 0.391 e. The summed E-state index contributed by atoms with van der Waals surface area (Å²) in [7, 11) is 0. The number of aliphatic hydroxyl groups is 1. The molecule has 2 aromatic rings. The molecule has 3 heterocycles. The Balaban J connectivity index is 1.08. The van der Waals surface area contributed by atoms with E-state index in [4.69, 9.17) is 5.73 Å². The van der Waals surface area contributed by atoms with Crippen molar-refractivity contribution < 1.29 is 27.9 Å². The highest BCUT2D eigenvalue weighted by atomic mass is 19.4. The van der Waals surface area contributed by atoms with E-state index in [0.29, 0.717) is 17.9 Å². The number of hydrogen-bond acceptors (Lipinski definition) is 5. The third kappa shape index (κ3) is 6.20. The number of aromatic nitrogens is 1. The van der Waals surface area contributed by atoms with Crippen LogP contribution in [0.15, 0.2) is 42.6 Å². The molecule has 1 saturated carbocycles. The molecule has 1 aliphatic carbocycles. The Hall–Kier alpha value is -2.98. The van der Waals surface area contributed by atoms with Crippen LogP contribution in [0.5, 0.6) is 0 Å². The summed E-state index contributed by atoms with van der Waals surface area (Å²) in [6.45, 7) is 3.32. The van der Waals surface area contributed by atoms with Gasteiger partial charge < -0.3 is 20.6 Å². The molecule has 1 aromatic heterocycles. The molecule has 2 saturated heterocycles. The van der Waals surface area contributed by atoms with E-state index in [0.717, 1.165) is 62.0 Å². The second-order valence-corrected chi connectivity index (χ2v) is 12.8. The van der Waals surface area contributed by atoms with Crippen LogP contribution in [0.25, 0.3) is 11.1 Å². The first kappa shape index (κ1) is 30.5. The molecule has 42 heavy (non-hydrogen) atoms. The Bertz CT molecular complexity index is 1260. The van der Waals surface area contributed by atoms with Gasteiger partial charge in [-0.05, 0) is 94.6 Å². The number of aliphatic hydroxyl groups excluding tert-OH is 1. The summed E-state index contributed by atoms with van der Waals surface area (Å²) in [5, 5.41) is 10.0. The number of nitrogens with zero attached hydrogens (tertiary/aromatic N) is 3. The van der Waals surface area contributed by atoms with Crippen molar-refractivity contribution in [1.82, 2.24) is 14.8 Å². The molecule has 5 rings (SSSR count). The number of hydrogen-bond donors (Lipinski definition) is 2. The molecule has 3 N–H and O–H groups in total. The van der Waals surface area contributed by atoms with Gasteiger partial charge in [0.05, 0.1) is 11.5 Å². The third-order valence-corrected chi connectivity index (χ3v) is 9.88. The zero-order chi connectivity index (χ0) is 30.1. The lowest BCUT2D eigenvalue weighted by Crippen LogP contribution is -2.53. The van der Waals surface area contributed by atoms with Crippen molar-refractivity contribution in [2.45, 2.75) is 82.5 Å². The van der Waals surface area contributed by atoms with E-state index in [2.05, 4.69) is 4.98 Å². The van der Waals surface area contributed by atoms with Crippen molar-refractivity contribution in [3.8, 4) is 11.1 Å². The van der Waals surface area contributed by atoms with Crippen LogP contribution in [0.2, 0.25) is 0 Å². The van der Waals surface area contributed by atoms with Crippen molar-refractivity contribution in [1.29, 1.82) is 0 Å². The number of nitrogens with two attached hydrogens (primary N) is 1. The minimum atomic E-state index is -4.10. The van der Waals surface area contributed by atoms with Gasteiger partial charge in [0, 0.05) is 42.5 Å². The highest BCUT2D eigenvalue weighted by Crippen LogP contribution is 2.53. The molecule has 10 heteroatoms. The maximum absolute atomic E-state index is 13.5. The Kier molecular flexibility index (Phi) is 8.67. The van der Waals surface area contributed by atoms with Crippen molar-refractivity contribution in [2.24, 2.45) is 17.1 Å². The summed E-state index contributed by atoms with van der Waals surface area (Å²) in [6.07, 6.45) is 3.10. The molecule has 3 fully saturated rings. The maximum Gasteiger partial charge on any atom is 0.395 e. The molecule has 2 amide bonds. The van der Waals surface area contributed by atoms with E-state index in [-0.39, 0.29) is 38.3 Å². The van der Waals surface area contributed by atoms with Crippen LogP contribution in [-0.4, -0.2) is 75.7 Å². The third-order valence-electron chi connectivity index (χ3n) is 9.88. The zero-order valence-electron chi connectivity index (χ0n) is 24.2. The fraction of sp³-hybridized carbons (Fsp3) is 0.594. The topological polar surface area (TPSA) is 99.8 Å². The number of alkyl halides is 3. The van der Waals surface area contributed by atoms with E-state index in [1.165, 1.54) is 4.90 Å². The number of carbonyl (C=O) groups excluding carboxylic acids is 2. The van der Waals surface area contributed by atoms with Gasteiger partial charge in [-0.25, -0.2) is 0 Å². The zero-order valence-corrected chi connectivity index (χ0v) is 24.2. The fourth-order valence-electron chi connectivity index (χ4n) is 6.86. The molecule has 1 aromatic carbocycles. The van der Waals surface area contributed by atoms with Gasteiger partial charge >= 0.3 is 6.18 Å². The molecule has 2 atom stereocenters. The second kappa shape index (κ2) is 12.0. The highest BCUT2D eigenvalue weighted by molar-refractivity contribution is 5.99. The molecule has 3 aliphatic rings. The number of piperidine rings is 1. The van der Waals surface area contributed by atoms with Crippen molar-refractivity contribution >= 4 is 11.8 Å². The van der Waals surface area contributed by atoms with Gasteiger partial charge in [-0.15, -0.1) is 0 Å². The molecule has 0 unspecified atom stereocenters. The Labute approximate surface area is 245 Å². The number of likely N-dealkylation sites (tertiary alicyclic amines) is 2. The molecule has 2 aliphatic heterocycles. The number of carbonyl (C=O) groups is 2.